The minimum Gasteiger partial charge on any atom is -0.491 e. The van der Waals surface area contributed by atoms with E-state index >= 15 is 0 Å². The lowest BCUT2D eigenvalue weighted by atomic mass is 9.88. The van der Waals surface area contributed by atoms with Crippen molar-refractivity contribution in [3.8, 4) is 22.9 Å². The molecule has 3 N–H and O–H groups in total. The van der Waals surface area contributed by atoms with Crippen LogP contribution in [-0.4, -0.2) is 83.4 Å². The number of hydrogen-bond acceptors (Lipinski definition) is 9. The number of ether oxygens (including phenoxy) is 2. The van der Waals surface area contributed by atoms with Gasteiger partial charge < -0.3 is 19.9 Å². The van der Waals surface area contributed by atoms with Crippen molar-refractivity contribution in [1.29, 1.82) is 5.26 Å². The molecular formula is C33H40N4O7S2. The quantitative estimate of drug-likeness (QED) is 0.249. The first-order valence-corrected chi connectivity index (χ1v) is 18.3. The van der Waals surface area contributed by atoms with Gasteiger partial charge in [-0.1, -0.05) is 49.4 Å². The fourth-order valence-electron chi connectivity index (χ4n) is 5.91. The number of sulfonamides is 2. The molecule has 0 bridgehead atoms. The van der Waals surface area contributed by atoms with Gasteiger partial charge in [0.15, 0.2) is 0 Å². The number of nitriles is 1. The van der Waals surface area contributed by atoms with E-state index in [4.69, 9.17) is 14.7 Å². The van der Waals surface area contributed by atoms with Crippen molar-refractivity contribution in [2.75, 3.05) is 39.4 Å². The lowest BCUT2D eigenvalue weighted by Gasteiger charge is -2.38. The predicted molar refractivity (Wildman–Crippen MR) is 173 cm³/mol. The summed E-state index contributed by atoms with van der Waals surface area (Å²) in [4.78, 5) is 0.343. The van der Waals surface area contributed by atoms with Gasteiger partial charge in [-0.15, -0.1) is 0 Å². The molecule has 0 aliphatic carbocycles. The Morgan fingerprint density at radius 3 is 2.46 bits per heavy atom. The summed E-state index contributed by atoms with van der Waals surface area (Å²) in [6.45, 7) is 3.38. The van der Waals surface area contributed by atoms with Crippen molar-refractivity contribution >= 4 is 20.0 Å². The van der Waals surface area contributed by atoms with Gasteiger partial charge in [0.2, 0.25) is 20.0 Å². The molecule has 13 heteroatoms. The van der Waals surface area contributed by atoms with Crippen LogP contribution in [0.1, 0.15) is 31.7 Å². The maximum atomic E-state index is 13.6. The Kier molecular flexibility index (Phi) is 10.8. The molecule has 2 aliphatic rings. The van der Waals surface area contributed by atoms with Crippen LogP contribution in [0.15, 0.2) is 82.6 Å². The monoisotopic (exact) mass is 668 g/mol. The van der Waals surface area contributed by atoms with Crippen LogP contribution in [0.25, 0.3) is 11.1 Å². The molecule has 3 aromatic rings. The molecule has 2 atom stereocenters. The van der Waals surface area contributed by atoms with Gasteiger partial charge >= 0.3 is 0 Å². The third-order valence-electron chi connectivity index (χ3n) is 8.42. The second-order valence-corrected chi connectivity index (χ2v) is 15.4. The number of aliphatic hydroxyl groups excluding tert-OH is 1. The maximum absolute atomic E-state index is 13.6. The SMILES string of the molecule is CCNS(=O)(=O)c1cccc(OCC(O)CNC2COC3(CCN(S(=O)(=O)c4cccc(-c5ccc(CC#N)cc5)c4)CC3)C2)c1. The molecule has 2 saturated heterocycles. The topological polar surface area (TPSA) is 158 Å². The highest BCUT2D eigenvalue weighted by atomic mass is 32.2. The molecule has 1 spiro atoms. The van der Waals surface area contributed by atoms with E-state index in [2.05, 4.69) is 16.1 Å². The minimum absolute atomic E-state index is 0.00243. The lowest BCUT2D eigenvalue weighted by molar-refractivity contribution is -0.0312. The van der Waals surface area contributed by atoms with Crippen molar-refractivity contribution in [2.45, 2.75) is 60.1 Å². The number of nitrogens with zero attached hydrogens (tertiary/aromatic N) is 2. The van der Waals surface area contributed by atoms with Crippen LogP contribution in [0.5, 0.6) is 5.75 Å². The first kappa shape index (κ1) is 34.0. The molecular weight excluding hydrogens is 629 g/mol. The zero-order valence-corrected chi connectivity index (χ0v) is 27.4. The molecule has 2 aliphatic heterocycles. The highest BCUT2D eigenvalue weighted by Gasteiger charge is 2.44. The number of rotatable bonds is 13. The molecule has 2 fully saturated rings. The number of nitrogens with one attached hydrogen (secondary N) is 2. The second-order valence-electron chi connectivity index (χ2n) is 11.7. The van der Waals surface area contributed by atoms with Crippen LogP contribution in [0.4, 0.5) is 0 Å². The van der Waals surface area contributed by atoms with Crippen LogP contribution in [-0.2, 0) is 31.2 Å². The van der Waals surface area contributed by atoms with Crippen LogP contribution in [0.3, 0.4) is 0 Å². The molecule has 3 aromatic carbocycles. The second kappa shape index (κ2) is 14.6. The van der Waals surface area contributed by atoms with Crippen LogP contribution >= 0.6 is 0 Å². The van der Waals surface area contributed by atoms with E-state index in [1.807, 2.05) is 30.3 Å². The summed E-state index contributed by atoms with van der Waals surface area (Å²) in [7, 11) is -7.31. The Labute approximate surface area is 271 Å². The lowest BCUT2D eigenvalue weighted by Crippen LogP contribution is -2.47. The van der Waals surface area contributed by atoms with E-state index in [9.17, 15) is 21.9 Å². The number of hydrogen-bond donors (Lipinski definition) is 3. The molecule has 0 saturated carbocycles. The first-order chi connectivity index (χ1) is 22.0. The largest absolute Gasteiger partial charge is 0.491 e. The Balaban J connectivity index is 1.10. The summed E-state index contributed by atoms with van der Waals surface area (Å²) < 4.78 is 67.5. The average molecular weight is 669 g/mol. The van der Waals surface area contributed by atoms with Gasteiger partial charge in [-0.25, -0.2) is 21.6 Å². The maximum Gasteiger partial charge on any atom is 0.243 e. The number of benzene rings is 3. The van der Waals surface area contributed by atoms with Gasteiger partial charge in [0.05, 0.1) is 34.5 Å². The third kappa shape index (κ3) is 8.13. The van der Waals surface area contributed by atoms with Gasteiger partial charge in [-0.05, 0) is 60.2 Å². The summed E-state index contributed by atoms with van der Waals surface area (Å²) >= 11 is 0. The highest BCUT2D eigenvalue weighted by Crippen LogP contribution is 2.37. The molecule has 0 amide bonds. The van der Waals surface area contributed by atoms with Crippen LogP contribution in [0, 0.1) is 11.3 Å². The third-order valence-corrected chi connectivity index (χ3v) is 11.9. The van der Waals surface area contributed by atoms with Crippen LogP contribution < -0.4 is 14.8 Å². The zero-order chi connectivity index (χ0) is 32.8. The molecule has 2 heterocycles. The van der Waals surface area contributed by atoms with Crippen LogP contribution in [0.2, 0.25) is 0 Å². The van der Waals surface area contributed by atoms with E-state index < -0.39 is 31.8 Å². The first-order valence-electron chi connectivity index (χ1n) is 15.4. The van der Waals surface area contributed by atoms with Crippen molar-refractivity contribution in [1.82, 2.24) is 14.3 Å². The molecule has 0 radical (unpaired) electrons. The van der Waals surface area contributed by atoms with E-state index in [-0.39, 0.29) is 35.5 Å². The molecule has 2 unspecified atom stereocenters. The number of aliphatic hydroxyl groups is 1. The van der Waals surface area contributed by atoms with Crippen molar-refractivity contribution in [2.24, 2.45) is 0 Å². The Morgan fingerprint density at radius 1 is 1.02 bits per heavy atom. The molecule has 46 heavy (non-hydrogen) atoms. The fourth-order valence-corrected chi connectivity index (χ4v) is 8.47. The van der Waals surface area contributed by atoms with Gasteiger partial charge in [-0.2, -0.15) is 9.57 Å². The van der Waals surface area contributed by atoms with Crippen molar-refractivity contribution in [3.05, 3.63) is 78.4 Å². The van der Waals surface area contributed by atoms with E-state index in [0.29, 0.717) is 51.1 Å². The average Bonchev–Trinajstić information content (AvgIpc) is 3.45. The Morgan fingerprint density at radius 2 is 1.74 bits per heavy atom. The highest BCUT2D eigenvalue weighted by molar-refractivity contribution is 7.89. The molecule has 11 nitrogen and oxygen atoms in total. The minimum atomic E-state index is -3.70. The van der Waals surface area contributed by atoms with Gasteiger partial charge in [0, 0.05) is 38.3 Å². The zero-order valence-electron chi connectivity index (χ0n) is 25.8. The fraction of sp³-hybridized carbons (Fsp3) is 0.424. The normalized spacial score (nSPS) is 19.1. The molecule has 246 valence electrons. The molecule has 0 aromatic heterocycles. The summed E-state index contributed by atoms with van der Waals surface area (Å²) in [6.07, 6.45) is 1.34. The van der Waals surface area contributed by atoms with E-state index in [1.165, 1.54) is 16.4 Å². The summed E-state index contributed by atoms with van der Waals surface area (Å²) in [5, 5.41) is 22.7. The van der Waals surface area contributed by atoms with E-state index in [1.54, 1.807) is 37.3 Å². The predicted octanol–water partition coefficient (Wildman–Crippen LogP) is 3.06. The van der Waals surface area contributed by atoms with Gasteiger partial charge in [0.1, 0.15) is 18.5 Å². The summed E-state index contributed by atoms with van der Waals surface area (Å²) in [5.41, 5.74) is 2.17. The van der Waals surface area contributed by atoms with Crippen molar-refractivity contribution in [3.63, 3.8) is 0 Å². The van der Waals surface area contributed by atoms with Crippen molar-refractivity contribution < 1.29 is 31.4 Å². The van der Waals surface area contributed by atoms with Gasteiger partial charge in [-0.3, -0.25) is 0 Å². The number of piperidine rings is 1. The standard InChI is InChI=1S/C33H40N4O7S2/c1-2-36-45(39,40)31-7-4-6-30(20-31)43-24-29(38)22-35-28-21-33(44-23-28)14-17-37(18-15-33)46(41,42)32-8-3-5-27(19-32)26-11-9-25(10-12-26)13-16-34/h3-12,19-20,28-29,35-36,38H,2,13-15,17-18,21-24H2,1H3. The Hall–Kier alpha value is -3.35. The summed E-state index contributed by atoms with van der Waals surface area (Å²) in [6, 6.07) is 22.8. The van der Waals surface area contributed by atoms with Gasteiger partial charge in [0.25, 0.3) is 0 Å². The smallest absolute Gasteiger partial charge is 0.243 e. The Bertz CT molecular complexity index is 1750. The summed E-state index contributed by atoms with van der Waals surface area (Å²) in [5.74, 6) is 0.347. The van der Waals surface area contributed by atoms with E-state index in [0.717, 1.165) is 16.7 Å². The molecule has 5 rings (SSSR count).